The third-order valence-electron chi connectivity index (χ3n) is 3.28. The van der Waals surface area contributed by atoms with Gasteiger partial charge in [-0.1, -0.05) is 0 Å². The zero-order valence-corrected chi connectivity index (χ0v) is 16.5. The minimum atomic E-state index is -0.589. The van der Waals surface area contributed by atoms with E-state index in [2.05, 4.69) is 26.5 Å². The molecule has 22 heavy (non-hydrogen) atoms. The molecule has 2 atom stereocenters. The monoisotopic (exact) mass is 444 g/mol. The smallest absolute Gasteiger partial charge is 0.408 e. The van der Waals surface area contributed by atoms with Crippen molar-refractivity contribution in [1.29, 1.82) is 0 Å². The third kappa shape index (κ3) is 7.36. The van der Waals surface area contributed by atoms with Gasteiger partial charge in [-0.05, 0) is 40.5 Å². The van der Waals surface area contributed by atoms with Crippen LogP contribution in [-0.2, 0) is 13.7 Å². The van der Waals surface area contributed by atoms with Crippen LogP contribution in [0.5, 0.6) is 0 Å². The zero-order chi connectivity index (χ0) is 16.8. The van der Waals surface area contributed by atoms with Crippen LogP contribution < -0.4 is 5.32 Å². The first kappa shape index (κ1) is 19.8. The first-order valence-electron chi connectivity index (χ1n) is 7.41. The normalized spacial score (nSPS) is 20.4. The Morgan fingerprint density at radius 2 is 2.14 bits per heavy atom. The van der Waals surface area contributed by atoms with Crippen LogP contribution in [0, 0.1) is 5.92 Å². The molecule has 1 rings (SSSR count). The van der Waals surface area contributed by atoms with Crippen LogP contribution in [0.1, 0.15) is 40.5 Å². The van der Waals surface area contributed by atoms with Crippen molar-refractivity contribution in [2.45, 2.75) is 52.2 Å². The van der Waals surface area contributed by atoms with Crippen molar-refractivity contribution in [3.63, 3.8) is 0 Å². The first-order valence-corrected chi connectivity index (χ1v) is 10.7. The van der Waals surface area contributed by atoms with E-state index >= 15 is 0 Å². The highest BCUT2D eigenvalue weighted by Crippen LogP contribution is 2.21. The maximum Gasteiger partial charge on any atom is 0.408 e. The van der Waals surface area contributed by atoms with Crippen molar-refractivity contribution >= 4 is 42.4 Å². The summed E-state index contributed by atoms with van der Waals surface area (Å²) in [5.74, 6) is 0.284. The largest absolute Gasteiger partial charge is 0.444 e. The first-order chi connectivity index (χ1) is 10.2. The van der Waals surface area contributed by atoms with Crippen LogP contribution in [0.2, 0.25) is 0 Å². The highest BCUT2D eigenvalue weighted by atomic mass is 127. The van der Waals surface area contributed by atoms with E-state index < -0.39 is 17.7 Å². The van der Waals surface area contributed by atoms with Crippen LogP contribution in [0.4, 0.5) is 4.79 Å². The number of carbonyl (C=O) groups is 2. The Morgan fingerprint density at radius 1 is 1.45 bits per heavy atom. The molecule has 1 N–H and O–H groups in total. The minimum Gasteiger partial charge on any atom is -0.444 e. The van der Waals surface area contributed by atoms with Gasteiger partial charge in [0.15, 0.2) is 0 Å². The average molecular weight is 444 g/mol. The molecule has 0 aromatic carbocycles. The molecule has 2 amide bonds. The van der Waals surface area contributed by atoms with Gasteiger partial charge in [0.05, 0.1) is 15.8 Å². The summed E-state index contributed by atoms with van der Waals surface area (Å²) in [6.45, 7) is 9.11. The SMILES string of the molecule is C[C@H](NC(=O)OC(C)(C)C)C(=O)N1CCCC(COSI)C1. The molecule has 0 bridgehead atoms. The van der Waals surface area contributed by atoms with Gasteiger partial charge < -0.3 is 19.1 Å². The molecule has 0 aromatic rings. The molecule has 1 aliphatic rings. The molecule has 0 radical (unpaired) electrons. The Bertz CT molecular complexity index is 390. The number of amides is 2. The average Bonchev–Trinajstić information content (AvgIpc) is 2.42. The standard InChI is InChI=1S/C14H25IN2O4S/c1-10(16-13(19)21-14(2,3)4)12(18)17-7-5-6-11(8-17)9-20-22-15/h10-11H,5-9H2,1-4H3,(H,16,19)/t10-,11?/m0/s1. The Balaban J connectivity index is 2.46. The lowest BCUT2D eigenvalue weighted by molar-refractivity contribution is -0.135. The number of nitrogens with zero attached hydrogens (tertiary/aromatic N) is 1. The van der Waals surface area contributed by atoms with E-state index in [1.807, 2.05) is 0 Å². The minimum absolute atomic E-state index is 0.0716. The molecule has 0 aliphatic carbocycles. The molecule has 0 aromatic heterocycles. The quantitative estimate of drug-likeness (QED) is 0.521. The topological polar surface area (TPSA) is 67.9 Å². The van der Waals surface area contributed by atoms with Crippen molar-refractivity contribution < 1.29 is 18.5 Å². The zero-order valence-electron chi connectivity index (χ0n) is 13.6. The van der Waals surface area contributed by atoms with E-state index in [9.17, 15) is 9.59 Å². The van der Waals surface area contributed by atoms with E-state index in [4.69, 9.17) is 8.92 Å². The van der Waals surface area contributed by atoms with Crippen molar-refractivity contribution in [3.8, 4) is 0 Å². The highest BCUT2D eigenvalue weighted by Gasteiger charge is 2.28. The Morgan fingerprint density at radius 3 is 2.73 bits per heavy atom. The van der Waals surface area contributed by atoms with Crippen molar-refractivity contribution in [2.24, 2.45) is 5.92 Å². The molecule has 128 valence electrons. The summed E-state index contributed by atoms with van der Waals surface area (Å²) in [5.41, 5.74) is -0.572. The molecule has 1 unspecified atom stereocenters. The maximum atomic E-state index is 12.4. The summed E-state index contributed by atoms with van der Waals surface area (Å²) in [4.78, 5) is 26.0. The molecule has 1 aliphatic heterocycles. The van der Waals surface area contributed by atoms with Crippen molar-refractivity contribution in [2.75, 3.05) is 19.7 Å². The summed E-state index contributed by atoms with van der Waals surface area (Å²) in [7, 11) is 1.32. The second-order valence-electron chi connectivity index (χ2n) is 6.51. The summed E-state index contributed by atoms with van der Waals surface area (Å²) < 4.78 is 10.5. The van der Waals surface area contributed by atoms with Gasteiger partial charge in [-0.2, -0.15) is 0 Å². The molecule has 0 saturated carbocycles. The second-order valence-corrected chi connectivity index (χ2v) is 7.95. The predicted molar refractivity (Wildman–Crippen MR) is 95.7 cm³/mol. The lowest BCUT2D eigenvalue weighted by atomic mass is 9.98. The summed E-state index contributed by atoms with van der Waals surface area (Å²) in [5, 5.41) is 2.60. The summed E-state index contributed by atoms with van der Waals surface area (Å²) in [6.07, 6.45) is 1.46. The van der Waals surface area contributed by atoms with E-state index in [1.165, 1.54) is 9.21 Å². The number of alkyl carbamates (subject to hydrolysis) is 1. The lowest BCUT2D eigenvalue weighted by Gasteiger charge is -2.34. The fraction of sp³-hybridized carbons (Fsp3) is 0.857. The van der Waals surface area contributed by atoms with E-state index in [0.29, 0.717) is 19.1 Å². The lowest BCUT2D eigenvalue weighted by Crippen LogP contribution is -2.51. The molecular formula is C14H25IN2O4S. The molecule has 1 fully saturated rings. The number of hydrogen-bond acceptors (Lipinski definition) is 5. The summed E-state index contributed by atoms with van der Waals surface area (Å²) in [6, 6.07) is -0.589. The van der Waals surface area contributed by atoms with Gasteiger partial charge in [0, 0.05) is 40.2 Å². The fourth-order valence-corrected chi connectivity index (χ4v) is 3.03. The number of rotatable bonds is 5. The van der Waals surface area contributed by atoms with Gasteiger partial charge in [0.2, 0.25) is 5.91 Å². The molecule has 6 nitrogen and oxygen atoms in total. The third-order valence-corrected chi connectivity index (χ3v) is 4.27. The number of likely N-dealkylation sites (tertiary alicyclic amines) is 1. The number of hydrogen-bond donors (Lipinski definition) is 1. The van der Waals surface area contributed by atoms with Crippen LogP contribution in [0.25, 0.3) is 0 Å². The molecule has 8 heteroatoms. The van der Waals surface area contributed by atoms with Gasteiger partial charge in [0.1, 0.15) is 11.6 Å². The van der Waals surface area contributed by atoms with E-state index in [0.717, 1.165) is 19.4 Å². The van der Waals surface area contributed by atoms with Gasteiger partial charge in [-0.15, -0.1) is 0 Å². The van der Waals surface area contributed by atoms with E-state index in [-0.39, 0.29) is 5.91 Å². The molecule has 0 spiro atoms. The van der Waals surface area contributed by atoms with Crippen LogP contribution in [0.15, 0.2) is 0 Å². The Kier molecular flexibility index (Phi) is 8.26. The molecular weight excluding hydrogens is 419 g/mol. The van der Waals surface area contributed by atoms with Crippen LogP contribution in [0.3, 0.4) is 0 Å². The number of halogens is 1. The number of carbonyl (C=O) groups excluding carboxylic acids is 2. The maximum absolute atomic E-state index is 12.4. The fourth-order valence-electron chi connectivity index (χ4n) is 2.34. The van der Waals surface area contributed by atoms with Crippen molar-refractivity contribution in [1.82, 2.24) is 10.2 Å². The number of piperidine rings is 1. The molecule has 1 saturated heterocycles. The molecule has 1 heterocycles. The van der Waals surface area contributed by atoms with Gasteiger partial charge >= 0.3 is 6.09 Å². The second kappa shape index (κ2) is 9.17. The Hall–Kier alpha value is -0.220. The van der Waals surface area contributed by atoms with Gasteiger partial charge in [0.25, 0.3) is 0 Å². The number of nitrogens with one attached hydrogen (secondary N) is 1. The summed E-state index contributed by atoms with van der Waals surface area (Å²) >= 11 is 2.09. The van der Waals surface area contributed by atoms with Crippen LogP contribution in [-0.4, -0.2) is 48.2 Å². The highest BCUT2D eigenvalue weighted by molar-refractivity contribution is 14.2. The van der Waals surface area contributed by atoms with Crippen LogP contribution >= 0.6 is 30.4 Å². The van der Waals surface area contributed by atoms with Crippen molar-refractivity contribution in [3.05, 3.63) is 0 Å². The Labute approximate surface area is 148 Å². The predicted octanol–water partition coefficient (Wildman–Crippen LogP) is 3.15. The van der Waals surface area contributed by atoms with Gasteiger partial charge in [-0.3, -0.25) is 4.79 Å². The number of ether oxygens (including phenoxy) is 1. The van der Waals surface area contributed by atoms with Gasteiger partial charge in [-0.25, -0.2) is 4.79 Å². The van der Waals surface area contributed by atoms with E-state index in [1.54, 1.807) is 32.6 Å².